The Balaban J connectivity index is 1.58. The predicted octanol–water partition coefficient (Wildman–Crippen LogP) is 1.23. The average molecular weight is 315 g/mol. The summed E-state index contributed by atoms with van der Waals surface area (Å²) in [7, 11) is 0. The lowest BCUT2D eigenvalue weighted by molar-refractivity contribution is -0.134. The van der Waals surface area contributed by atoms with E-state index in [0.717, 1.165) is 19.4 Å². The molecular formula is C17H21N3O3. The first kappa shape index (κ1) is 15.7. The fourth-order valence-corrected chi connectivity index (χ4v) is 3.00. The maximum absolute atomic E-state index is 12.1. The van der Waals surface area contributed by atoms with Crippen molar-refractivity contribution in [1.82, 2.24) is 14.9 Å². The summed E-state index contributed by atoms with van der Waals surface area (Å²) in [6.45, 7) is 1.16. The van der Waals surface area contributed by atoms with Gasteiger partial charge in [-0.3, -0.25) is 9.59 Å². The Kier molecular flexibility index (Phi) is 4.71. The standard InChI is InChI=1S/C17H21N3O3/c21-12-5-4-10-20(11-12)16(22)9-3-8-15-18-14-7-2-1-6-13(14)17(23)19-15/h1-2,6-7,12,21H,3-5,8-11H2,(H,18,19,23). The number of rotatable bonds is 4. The van der Waals surface area contributed by atoms with Crippen LogP contribution in [0.25, 0.3) is 10.9 Å². The number of aliphatic hydroxyl groups is 1. The zero-order chi connectivity index (χ0) is 16.2. The molecule has 6 nitrogen and oxygen atoms in total. The van der Waals surface area contributed by atoms with Crippen molar-refractivity contribution in [2.24, 2.45) is 0 Å². The number of likely N-dealkylation sites (tertiary alicyclic amines) is 1. The number of H-pyrrole nitrogens is 1. The minimum absolute atomic E-state index is 0.0619. The van der Waals surface area contributed by atoms with Crippen LogP contribution in [-0.4, -0.2) is 45.1 Å². The third kappa shape index (κ3) is 3.76. The van der Waals surface area contributed by atoms with Gasteiger partial charge in [0.05, 0.1) is 17.0 Å². The molecule has 6 heteroatoms. The molecule has 2 aromatic rings. The first-order valence-corrected chi connectivity index (χ1v) is 8.07. The number of piperidine rings is 1. The van der Waals surface area contributed by atoms with Gasteiger partial charge in [0.1, 0.15) is 5.82 Å². The number of aliphatic hydroxyl groups excluding tert-OH is 1. The number of hydrogen-bond donors (Lipinski definition) is 2. The van der Waals surface area contributed by atoms with Crippen molar-refractivity contribution in [1.29, 1.82) is 0 Å². The summed E-state index contributed by atoms with van der Waals surface area (Å²) in [5.41, 5.74) is 0.535. The number of aromatic amines is 1. The average Bonchev–Trinajstić information content (AvgIpc) is 2.55. The number of β-amino-alcohol motifs (C(OH)–C–C–N with tert-alkyl or cyclic N) is 1. The van der Waals surface area contributed by atoms with Crippen LogP contribution in [0.15, 0.2) is 29.1 Å². The van der Waals surface area contributed by atoms with Crippen LogP contribution in [0.3, 0.4) is 0 Å². The Hall–Kier alpha value is -2.21. The Bertz CT molecular complexity index is 756. The maximum Gasteiger partial charge on any atom is 0.258 e. The van der Waals surface area contributed by atoms with E-state index < -0.39 is 6.10 Å². The predicted molar refractivity (Wildman–Crippen MR) is 87.1 cm³/mol. The van der Waals surface area contributed by atoms with Gasteiger partial charge >= 0.3 is 0 Å². The molecule has 3 rings (SSSR count). The summed E-state index contributed by atoms with van der Waals surface area (Å²) in [5, 5.41) is 10.2. The van der Waals surface area contributed by atoms with Crippen molar-refractivity contribution in [3.05, 3.63) is 40.4 Å². The summed E-state index contributed by atoms with van der Waals surface area (Å²) in [6, 6.07) is 7.22. The summed E-state index contributed by atoms with van der Waals surface area (Å²) in [5.74, 6) is 0.673. The lowest BCUT2D eigenvalue weighted by Gasteiger charge is -2.30. The number of carbonyl (C=O) groups excluding carboxylic acids is 1. The summed E-state index contributed by atoms with van der Waals surface area (Å²) in [6.07, 6.45) is 2.82. The van der Waals surface area contributed by atoms with Crippen LogP contribution in [0.4, 0.5) is 0 Å². The quantitative estimate of drug-likeness (QED) is 0.888. The molecule has 1 aromatic heterocycles. The second-order valence-corrected chi connectivity index (χ2v) is 6.02. The summed E-state index contributed by atoms with van der Waals surface area (Å²) in [4.78, 5) is 33.1. The number of nitrogens with zero attached hydrogens (tertiary/aromatic N) is 2. The van der Waals surface area contributed by atoms with Crippen molar-refractivity contribution < 1.29 is 9.90 Å². The molecule has 1 amide bonds. The van der Waals surface area contributed by atoms with Crippen molar-refractivity contribution in [2.75, 3.05) is 13.1 Å². The van der Waals surface area contributed by atoms with Crippen molar-refractivity contribution in [2.45, 2.75) is 38.2 Å². The second kappa shape index (κ2) is 6.91. The largest absolute Gasteiger partial charge is 0.391 e. The third-order valence-electron chi connectivity index (χ3n) is 4.22. The van der Waals surface area contributed by atoms with Gasteiger partial charge in [-0.25, -0.2) is 4.98 Å². The van der Waals surface area contributed by atoms with Gasteiger partial charge in [0.2, 0.25) is 5.91 Å². The molecule has 122 valence electrons. The van der Waals surface area contributed by atoms with E-state index in [4.69, 9.17) is 0 Å². The molecule has 0 bridgehead atoms. The van der Waals surface area contributed by atoms with E-state index in [1.165, 1.54) is 0 Å². The van der Waals surface area contributed by atoms with E-state index in [1.807, 2.05) is 18.2 Å². The molecule has 2 N–H and O–H groups in total. The van der Waals surface area contributed by atoms with Gasteiger partial charge in [-0.1, -0.05) is 12.1 Å². The molecule has 2 heterocycles. The lowest BCUT2D eigenvalue weighted by Crippen LogP contribution is -2.42. The monoisotopic (exact) mass is 315 g/mol. The summed E-state index contributed by atoms with van der Waals surface area (Å²) < 4.78 is 0. The molecule has 1 atom stereocenters. The number of para-hydroxylation sites is 1. The van der Waals surface area contributed by atoms with Crippen molar-refractivity contribution in [3.63, 3.8) is 0 Å². The number of aryl methyl sites for hydroxylation is 1. The van der Waals surface area contributed by atoms with Gasteiger partial charge < -0.3 is 15.0 Å². The van der Waals surface area contributed by atoms with Gasteiger partial charge in [-0.2, -0.15) is 0 Å². The number of benzene rings is 1. The van der Waals surface area contributed by atoms with Crippen molar-refractivity contribution in [3.8, 4) is 0 Å². The zero-order valence-electron chi connectivity index (χ0n) is 13.0. The molecule has 0 aliphatic carbocycles. The first-order chi connectivity index (χ1) is 11.1. The van der Waals surface area contributed by atoms with E-state index >= 15 is 0 Å². The minimum atomic E-state index is -0.397. The number of aromatic nitrogens is 2. The van der Waals surface area contributed by atoms with E-state index in [9.17, 15) is 14.7 Å². The minimum Gasteiger partial charge on any atom is -0.391 e. The molecule has 1 aliphatic heterocycles. The summed E-state index contributed by atoms with van der Waals surface area (Å²) >= 11 is 0. The van der Waals surface area contributed by atoms with E-state index in [2.05, 4.69) is 9.97 Å². The SMILES string of the molecule is O=C(CCCc1nc2ccccc2c(=O)[nH]1)N1CCCC(O)C1. The zero-order valence-corrected chi connectivity index (χ0v) is 13.0. The number of nitrogens with one attached hydrogen (secondary N) is 1. The van der Waals surface area contributed by atoms with Crippen LogP contribution in [0.5, 0.6) is 0 Å². The Morgan fingerprint density at radius 2 is 2.22 bits per heavy atom. The van der Waals surface area contributed by atoms with Gasteiger partial charge in [0, 0.05) is 25.9 Å². The lowest BCUT2D eigenvalue weighted by atomic mass is 10.1. The van der Waals surface area contributed by atoms with Crippen LogP contribution in [0.1, 0.15) is 31.5 Å². The van der Waals surface area contributed by atoms with Gasteiger partial charge in [0.15, 0.2) is 0 Å². The normalized spacial score (nSPS) is 18.3. The fraction of sp³-hybridized carbons (Fsp3) is 0.471. The molecule has 1 aliphatic rings. The maximum atomic E-state index is 12.1. The highest BCUT2D eigenvalue weighted by Gasteiger charge is 2.21. The molecule has 1 fully saturated rings. The second-order valence-electron chi connectivity index (χ2n) is 6.02. The highest BCUT2D eigenvalue weighted by Crippen LogP contribution is 2.12. The Morgan fingerprint density at radius 1 is 1.39 bits per heavy atom. The van der Waals surface area contributed by atoms with Gasteiger partial charge in [-0.05, 0) is 31.4 Å². The van der Waals surface area contributed by atoms with Gasteiger partial charge in [-0.15, -0.1) is 0 Å². The first-order valence-electron chi connectivity index (χ1n) is 8.07. The molecule has 0 radical (unpaired) electrons. The molecule has 23 heavy (non-hydrogen) atoms. The van der Waals surface area contributed by atoms with Crippen LogP contribution in [0, 0.1) is 0 Å². The topological polar surface area (TPSA) is 86.3 Å². The Morgan fingerprint density at radius 3 is 3.04 bits per heavy atom. The number of carbonyl (C=O) groups is 1. The third-order valence-corrected chi connectivity index (χ3v) is 4.22. The number of fused-ring (bicyclic) bond motifs is 1. The smallest absolute Gasteiger partial charge is 0.258 e. The molecule has 1 saturated heterocycles. The Labute approximate surface area is 134 Å². The van der Waals surface area contributed by atoms with Crippen LogP contribution >= 0.6 is 0 Å². The number of hydrogen-bond acceptors (Lipinski definition) is 4. The van der Waals surface area contributed by atoms with E-state index in [0.29, 0.717) is 42.5 Å². The number of amides is 1. The molecular weight excluding hydrogens is 294 g/mol. The molecule has 0 spiro atoms. The van der Waals surface area contributed by atoms with E-state index in [1.54, 1.807) is 11.0 Å². The highest BCUT2D eigenvalue weighted by molar-refractivity contribution is 5.77. The fourth-order valence-electron chi connectivity index (χ4n) is 3.00. The molecule has 0 saturated carbocycles. The highest BCUT2D eigenvalue weighted by atomic mass is 16.3. The van der Waals surface area contributed by atoms with E-state index in [-0.39, 0.29) is 11.5 Å². The van der Waals surface area contributed by atoms with Crippen molar-refractivity contribution >= 4 is 16.8 Å². The van der Waals surface area contributed by atoms with Gasteiger partial charge in [0.25, 0.3) is 5.56 Å². The van der Waals surface area contributed by atoms with Crippen LogP contribution < -0.4 is 5.56 Å². The molecule has 1 unspecified atom stereocenters. The van der Waals surface area contributed by atoms with Crippen LogP contribution in [0.2, 0.25) is 0 Å². The molecule has 1 aromatic carbocycles. The van der Waals surface area contributed by atoms with Crippen LogP contribution in [-0.2, 0) is 11.2 Å².